The van der Waals surface area contributed by atoms with Crippen molar-refractivity contribution in [2.75, 3.05) is 12.9 Å². The van der Waals surface area contributed by atoms with Crippen LogP contribution >= 0.6 is 23.4 Å². The van der Waals surface area contributed by atoms with Gasteiger partial charge in [0, 0.05) is 0 Å². The Morgan fingerprint density at radius 3 is 2.43 bits per heavy atom. The summed E-state index contributed by atoms with van der Waals surface area (Å²) in [5.41, 5.74) is 0.693. The molecule has 0 saturated heterocycles. The molecular formula is C12H17ClN4O5S. The lowest BCUT2D eigenvalue weighted by Crippen LogP contribution is -2.48. The molecule has 0 aliphatic carbocycles. The van der Waals surface area contributed by atoms with Crippen LogP contribution in [-0.4, -0.2) is 82.3 Å². The normalized spacial score (nSPS) is 18.6. The largest absolute Gasteiger partial charge is 0.394 e. The number of aromatic nitrogens is 4. The van der Waals surface area contributed by atoms with E-state index in [4.69, 9.17) is 16.7 Å². The fraction of sp³-hybridized carbons (Fsp3) is 0.583. The van der Waals surface area contributed by atoms with Gasteiger partial charge < -0.3 is 25.5 Å². The summed E-state index contributed by atoms with van der Waals surface area (Å²) in [7, 11) is 0. The lowest BCUT2D eigenvalue weighted by Gasteiger charge is -2.30. The zero-order chi connectivity index (χ0) is 17.1. The molecule has 0 bridgehead atoms. The molecule has 2 rings (SSSR count). The molecule has 0 spiro atoms. The number of halogens is 1. The number of fused-ring (bicyclic) bond motifs is 1. The molecule has 2 heterocycles. The van der Waals surface area contributed by atoms with Crippen molar-refractivity contribution >= 4 is 34.5 Å². The van der Waals surface area contributed by atoms with Crippen LogP contribution in [0.3, 0.4) is 0 Å². The van der Waals surface area contributed by atoms with Crippen LogP contribution in [0.1, 0.15) is 5.37 Å². The number of nitrogens with zero attached hydrogens (tertiary/aromatic N) is 4. The zero-order valence-electron chi connectivity index (χ0n) is 12.1. The first kappa shape index (κ1) is 18.3. The van der Waals surface area contributed by atoms with E-state index in [0.29, 0.717) is 11.2 Å². The van der Waals surface area contributed by atoms with Gasteiger partial charge in [0.05, 0.1) is 12.9 Å². The standard InChI is InChI=1S/C12H17ClN4O5S/c1-23-12(9(22)8(21)7(20)5(19)2-18)17-4-16-6-10(13)14-3-15-11(6)17/h3-5,7-9,12,18-22H,2H2,1H3. The maximum absolute atomic E-state index is 10.3. The first-order valence-electron chi connectivity index (χ1n) is 6.61. The van der Waals surface area contributed by atoms with E-state index in [1.54, 1.807) is 6.26 Å². The molecule has 5 N–H and O–H groups in total. The van der Waals surface area contributed by atoms with E-state index in [1.807, 2.05) is 0 Å². The highest BCUT2D eigenvalue weighted by molar-refractivity contribution is 7.98. The second-order valence-electron chi connectivity index (χ2n) is 4.84. The Morgan fingerprint density at radius 1 is 1.13 bits per heavy atom. The highest BCUT2D eigenvalue weighted by atomic mass is 35.5. The Morgan fingerprint density at radius 2 is 1.83 bits per heavy atom. The fourth-order valence-electron chi connectivity index (χ4n) is 2.13. The van der Waals surface area contributed by atoms with Gasteiger partial charge in [0.15, 0.2) is 10.8 Å². The van der Waals surface area contributed by atoms with Crippen molar-refractivity contribution in [2.24, 2.45) is 0 Å². The first-order valence-corrected chi connectivity index (χ1v) is 8.27. The van der Waals surface area contributed by atoms with Crippen LogP contribution in [-0.2, 0) is 0 Å². The maximum Gasteiger partial charge on any atom is 0.165 e. The second-order valence-corrected chi connectivity index (χ2v) is 6.15. The van der Waals surface area contributed by atoms with E-state index in [0.717, 1.165) is 0 Å². The van der Waals surface area contributed by atoms with Crippen LogP contribution in [0.4, 0.5) is 0 Å². The topological polar surface area (TPSA) is 145 Å². The molecule has 0 aliphatic heterocycles. The average Bonchev–Trinajstić information content (AvgIpc) is 2.98. The summed E-state index contributed by atoms with van der Waals surface area (Å²) in [5, 5.41) is 47.8. The maximum atomic E-state index is 10.3. The van der Waals surface area contributed by atoms with Crippen molar-refractivity contribution in [1.29, 1.82) is 0 Å². The third kappa shape index (κ3) is 3.58. The third-order valence-electron chi connectivity index (χ3n) is 3.40. The smallest absolute Gasteiger partial charge is 0.165 e. The first-order chi connectivity index (χ1) is 10.9. The molecule has 9 nitrogen and oxygen atoms in total. The van der Waals surface area contributed by atoms with Crippen LogP contribution in [0.2, 0.25) is 5.15 Å². The van der Waals surface area contributed by atoms with Gasteiger partial charge in [-0.1, -0.05) is 11.6 Å². The minimum Gasteiger partial charge on any atom is -0.394 e. The summed E-state index contributed by atoms with van der Waals surface area (Å²) >= 11 is 7.10. The summed E-state index contributed by atoms with van der Waals surface area (Å²) in [4.78, 5) is 11.9. The molecular weight excluding hydrogens is 348 g/mol. The molecule has 0 radical (unpaired) electrons. The van der Waals surface area contributed by atoms with Gasteiger partial charge in [0.25, 0.3) is 0 Å². The van der Waals surface area contributed by atoms with Gasteiger partial charge in [-0.2, -0.15) is 0 Å². The van der Waals surface area contributed by atoms with Crippen molar-refractivity contribution in [3.8, 4) is 0 Å². The molecule has 5 atom stereocenters. The molecule has 0 saturated carbocycles. The van der Waals surface area contributed by atoms with Crippen LogP contribution in [0.15, 0.2) is 12.7 Å². The van der Waals surface area contributed by atoms with Gasteiger partial charge in [-0.05, 0) is 6.26 Å². The summed E-state index contributed by atoms with van der Waals surface area (Å²) in [6.07, 6.45) is -2.12. The van der Waals surface area contributed by atoms with Gasteiger partial charge in [-0.25, -0.2) is 15.0 Å². The van der Waals surface area contributed by atoms with E-state index >= 15 is 0 Å². The van der Waals surface area contributed by atoms with E-state index in [-0.39, 0.29) is 5.15 Å². The monoisotopic (exact) mass is 364 g/mol. The van der Waals surface area contributed by atoms with E-state index in [1.165, 1.54) is 29.0 Å². The van der Waals surface area contributed by atoms with Crippen molar-refractivity contribution in [3.63, 3.8) is 0 Å². The second kappa shape index (κ2) is 7.71. The third-order valence-corrected chi connectivity index (χ3v) is 4.67. The lowest BCUT2D eigenvalue weighted by atomic mass is 10.0. The number of hydrogen-bond acceptors (Lipinski definition) is 9. The number of hydrogen-bond donors (Lipinski definition) is 5. The Bertz CT molecular complexity index is 659. The van der Waals surface area contributed by atoms with E-state index < -0.39 is 36.4 Å². The number of aliphatic hydroxyl groups excluding tert-OH is 5. The van der Waals surface area contributed by atoms with Crippen LogP contribution < -0.4 is 0 Å². The van der Waals surface area contributed by atoms with Crippen LogP contribution in [0.5, 0.6) is 0 Å². The lowest BCUT2D eigenvalue weighted by molar-refractivity contribution is -0.118. The molecule has 0 amide bonds. The van der Waals surface area contributed by atoms with Gasteiger partial charge in [0.1, 0.15) is 41.6 Å². The van der Waals surface area contributed by atoms with Crippen molar-refractivity contribution < 1.29 is 25.5 Å². The number of thioether (sulfide) groups is 1. The van der Waals surface area contributed by atoms with E-state index in [2.05, 4.69) is 15.0 Å². The minimum atomic E-state index is -1.71. The van der Waals surface area contributed by atoms with Crippen LogP contribution in [0.25, 0.3) is 11.2 Å². The average molecular weight is 365 g/mol. The predicted octanol–water partition coefficient (Wildman–Crippen LogP) is -1.22. The van der Waals surface area contributed by atoms with Crippen LogP contribution in [0, 0.1) is 0 Å². The molecule has 0 aromatic carbocycles. The van der Waals surface area contributed by atoms with Crippen molar-refractivity contribution in [1.82, 2.24) is 19.5 Å². The molecule has 0 aliphatic rings. The van der Waals surface area contributed by atoms with Gasteiger partial charge in [-0.3, -0.25) is 4.57 Å². The molecule has 23 heavy (non-hydrogen) atoms. The molecule has 11 heteroatoms. The highest BCUT2D eigenvalue weighted by Crippen LogP contribution is 2.31. The van der Waals surface area contributed by atoms with Crippen molar-refractivity contribution in [2.45, 2.75) is 29.8 Å². The number of aliphatic hydroxyl groups is 5. The predicted molar refractivity (Wildman–Crippen MR) is 84.0 cm³/mol. The molecule has 2 aromatic rings. The zero-order valence-corrected chi connectivity index (χ0v) is 13.6. The number of imidazole rings is 1. The summed E-state index contributed by atoms with van der Waals surface area (Å²) in [5.74, 6) is 0. The van der Waals surface area contributed by atoms with E-state index in [9.17, 15) is 20.4 Å². The molecule has 128 valence electrons. The highest BCUT2D eigenvalue weighted by Gasteiger charge is 2.36. The number of rotatable bonds is 7. The quantitative estimate of drug-likeness (QED) is 0.381. The van der Waals surface area contributed by atoms with Gasteiger partial charge in [0.2, 0.25) is 0 Å². The molecule has 5 unspecified atom stereocenters. The Hall–Kier alpha value is -1.01. The minimum absolute atomic E-state index is 0.152. The molecule has 0 fully saturated rings. The van der Waals surface area contributed by atoms with Crippen molar-refractivity contribution in [3.05, 3.63) is 17.8 Å². The fourth-order valence-corrected chi connectivity index (χ4v) is 3.13. The van der Waals surface area contributed by atoms with Gasteiger partial charge in [-0.15, -0.1) is 11.8 Å². The Kier molecular flexibility index (Phi) is 6.14. The Balaban J connectivity index is 2.32. The summed E-state index contributed by atoms with van der Waals surface area (Å²) in [6.45, 7) is -0.744. The summed E-state index contributed by atoms with van der Waals surface area (Å²) < 4.78 is 1.49. The SMILES string of the molecule is CSC(C(O)C(O)C(O)C(O)CO)n1cnc2c(Cl)ncnc21. The molecule has 2 aromatic heterocycles. The Labute approximate surface area is 140 Å². The van der Waals surface area contributed by atoms with Gasteiger partial charge >= 0.3 is 0 Å². The summed E-state index contributed by atoms with van der Waals surface area (Å²) in [6, 6.07) is 0.